The second-order valence-corrected chi connectivity index (χ2v) is 13.5. The molecule has 8 rings (SSSR count). The van der Waals surface area contributed by atoms with Gasteiger partial charge in [-0.2, -0.15) is 4.98 Å². The molecule has 0 spiro atoms. The number of halogens is 1. The van der Waals surface area contributed by atoms with Crippen LogP contribution in [0.25, 0.3) is 33.1 Å². The van der Waals surface area contributed by atoms with Crippen LogP contribution < -0.4 is 21.6 Å². The molecule has 3 saturated heterocycles. The van der Waals surface area contributed by atoms with Crippen molar-refractivity contribution < 1.29 is 4.42 Å². The molecular weight excluding hydrogens is 572 g/mol. The number of likely N-dealkylation sites (N-methyl/N-ethyl adjacent to an activating group) is 1. The van der Waals surface area contributed by atoms with Crippen molar-refractivity contribution in [1.29, 1.82) is 0 Å². The van der Waals surface area contributed by atoms with E-state index in [0.29, 0.717) is 34.0 Å². The highest BCUT2D eigenvalue weighted by atomic mass is 35.5. The van der Waals surface area contributed by atoms with Gasteiger partial charge in [-0.05, 0) is 37.6 Å². The summed E-state index contributed by atoms with van der Waals surface area (Å²) in [6, 6.07) is 6.42. The van der Waals surface area contributed by atoms with Crippen LogP contribution in [0.15, 0.2) is 38.6 Å². The van der Waals surface area contributed by atoms with Crippen LogP contribution in [0.5, 0.6) is 0 Å². The predicted octanol–water partition coefficient (Wildman–Crippen LogP) is 3.67. The maximum Gasteiger partial charge on any atom is 0.350 e. The van der Waals surface area contributed by atoms with Gasteiger partial charge in [-0.1, -0.05) is 18.5 Å². The van der Waals surface area contributed by atoms with E-state index in [0.717, 1.165) is 104 Å². The van der Waals surface area contributed by atoms with Crippen molar-refractivity contribution in [3.63, 3.8) is 0 Å². The van der Waals surface area contributed by atoms with Gasteiger partial charge in [0.15, 0.2) is 5.58 Å². The molecule has 3 fully saturated rings. The summed E-state index contributed by atoms with van der Waals surface area (Å²) in [5, 5.41) is 5.23. The summed E-state index contributed by atoms with van der Waals surface area (Å²) < 4.78 is 7.85. The van der Waals surface area contributed by atoms with Gasteiger partial charge in [-0.15, -0.1) is 11.8 Å². The number of pyridine rings is 1. The van der Waals surface area contributed by atoms with Crippen LogP contribution in [0.1, 0.15) is 25.8 Å². The first kappa shape index (κ1) is 26.8. The van der Waals surface area contributed by atoms with E-state index in [2.05, 4.69) is 31.9 Å². The predicted molar refractivity (Wildman–Crippen MR) is 169 cm³/mol. The van der Waals surface area contributed by atoms with Gasteiger partial charge in [0.1, 0.15) is 23.4 Å². The molecule has 220 valence electrons. The third-order valence-corrected chi connectivity index (χ3v) is 11.0. The topological polar surface area (TPSA) is 109 Å². The Morgan fingerprint density at radius 1 is 1.12 bits per heavy atom. The van der Waals surface area contributed by atoms with E-state index >= 15 is 0 Å². The molecule has 0 saturated carbocycles. The number of nitrogen functional groups attached to an aromatic ring is 1. The highest BCUT2D eigenvalue weighted by molar-refractivity contribution is 7.99. The fourth-order valence-electron chi connectivity index (χ4n) is 7.35. The third-order valence-electron chi connectivity index (χ3n) is 9.49. The summed E-state index contributed by atoms with van der Waals surface area (Å²) in [6.45, 7) is 9.92. The van der Waals surface area contributed by atoms with E-state index in [1.54, 1.807) is 24.1 Å². The van der Waals surface area contributed by atoms with E-state index < -0.39 is 0 Å². The molecule has 4 aliphatic heterocycles. The minimum absolute atomic E-state index is 0.00955. The molecular formula is C30H35ClN8O2S. The van der Waals surface area contributed by atoms with Crippen LogP contribution in [0, 0.1) is 0 Å². The van der Waals surface area contributed by atoms with Gasteiger partial charge < -0.3 is 25.3 Å². The molecule has 3 N–H and O–H groups in total. The number of nitrogens with zero attached hydrogens (tertiary/aromatic N) is 6. The number of hydrogen-bond acceptors (Lipinski definition) is 10. The average Bonchev–Trinajstić information content (AvgIpc) is 3.56. The Morgan fingerprint density at radius 3 is 2.64 bits per heavy atom. The second-order valence-electron chi connectivity index (χ2n) is 12.0. The van der Waals surface area contributed by atoms with Gasteiger partial charge in [-0.25, -0.2) is 9.78 Å². The van der Waals surface area contributed by atoms with E-state index in [1.807, 2.05) is 16.7 Å². The Kier molecular flexibility index (Phi) is 6.64. The molecule has 0 amide bonds. The molecule has 1 aromatic carbocycles. The molecule has 4 aromatic rings. The third kappa shape index (κ3) is 4.40. The smallest absolute Gasteiger partial charge is 0.350 e. The summed E-state index contributed by atoms with van der Waals surface area (Å²) in [5.74, 6) is 1.92. The summed E-state index contributed by atoms with van der Waals surface area (Å²) >= 11 is 8.93. The Morgan fingerprint density at radius 2 is 1.88 bits per heavy atom. The van der Waals surface area contributed by atoms with Crippen molar-refractivity contribution >= 4 is 57.0 Å². The van der Waals surface area contributed by atoms with Gasteiger partial charge in [-0.3, -0.25) is 9.47 Å². The molecule has 12 heteroatoms. The maximum atomic E-state index is 14.1. The average molecular weight is 607 g/mol. The Labute approximate surface area is 253 Å². The first-order valence-electron chi connectivity index (χ1n) is 15.0. The van der Waals surface area contributed by atoms with Gasteiger partial charge in [0.25, 0.3) is 0 Å². The minimum atomic E-state index is -0.185. The summed E-state index contributed by atoms with van der Waals surface area (Å²) in [7, 11) is 0. The number of fused-ring (bicyclic) bond motifs is 3. The number of nitrogens with two attached hydrogens (primary N) is 1. The number of furan rings is 1. The van der Waals surface area contributed by atoms with Gasteiger partial charge in [0.05, 0.1) is 16.6 Å². The summed E-state index contributed by atoms with van der Waals surface area (Å²) in [5.41, 5.74) is 9.76. The van der Waals surface area contributed by atoms with Crippen LogP contribution in [-0.2, 0) is 0 Å². The molecule has 0 radical (unpaired) electrons. The lowest BCUT2D eigenvalue weighted by Gasteiger charge is -2.38. The maximum absolute atomic E-state index is 14.1. The number of benzene rings is 1. The van der Waals surface area contributed by atoms with Crippen molar-refractivity contribution in [2.75, 3.05) is 68.7 Å². The molecule has 10 nitrogen and oxygen atoms in total. The first-order chi connectivity index (χ1) is 20.5. The van der Waals surface area contributed by atoms with Crippen LogP contribution in [-0.4, -0.2) is 94.5 Å². The van der Waals surface area contributed by atoms with Gasteiger partial charge in [0.2, 0.25) is 0 Å². The van der Waals surface area contributed by atoms with E-state index in [4.69, 9.17) is 26.7 Å². The molecule has 7 heterocycles. The van der Waals surface area contributed by atoms with Crippen molar-refractivity contribution in [3.8, 4) is 11.1 Å². The van der Waals surface area contributed by atoms with Gasteiger partial charge in [0, 0.05) is 85.1 Å². The van der Waals surface area contributed by atoms with E-state index in [1.165, 1.54) is 0 Å². The second kappa shape index (κ2) is 10.4. The number of rotatable bonds is 5. The van der Waals surface area contributed by atoms with Crippen molar-refractivity contribution in [1.82, 2.24) is 29.7 Å². The van der Waals surface area contributed by atoms with Crippen LogP contribution in [0.3, 0.4) is 0 Å². The number of hydrogen-bond donors (Lipinski definition) is 2. The molecule has 3 atom stereocenters. The molecule has 42 heavy (non-hydrogen) atoms. The lowest BCUT2D eigenvalue weighted by atomic mass is 10.0. The van der Waals surface area contributed by atoms with Gasteiger partial charge >= 0.3 is 5.69 Å². The summed E-state index contributed by atoms with van der Waals surface area (Å²) in [6.07, 6.45) is 4.01. The zero-order valence-corrected chi connectivity index (χ0v) is 25.3. The number of thioether (sulfide) groups is 1. The number of aromatic nitrogens is 3. The van der Waals surface area contributed by atoms with E-state index in [-0.39, 0.29) is 11.7 Å². The number of anilines is 2. The van der Waals surface area contributed by atoms with Crippen molar-refractivity contribution in [2.24, 2.45) is 0 Å². The molecule has 4 aliphatic rings. The quantitative estimate of drug-likeness (QED) is 0.349. The Balaban J connectivity index is 1.30. The lowest BCUT2D eigenvalue weighted by Crippen LogP contribution is -2.52. The Bertz CT molecular complexity index is 1740. The van der Waals surface area contributed by atoms with Crippen molar-refractivity contribution in [3.05, 3.63) is 40.0 Å². The standard InChI is InChI=1S/C30H35ClN8O2S/c1-2-36-7-9-37(10-8-36)14-19-16-42-28-25(21-15-41-23-5-6-24(32)34-26(21)23)22(31)11-20-27(28)39(19)30(40)35-29(20)38-12-17-3-4-18(13-38)33-17/h5-6,11,15,17-19,33H,2-4,7-10,12-14,16H2,1H3,(H2,32,34)/t17?,18?,19-/m0/s1. The van der Waals surface area contributed by atoms with Crippen LogP contribution in [0.2, 0.25) is 5.02 Å². The zero-order chi connectivity index (χ0) is 28.5. The first-order valence-corrected chi connectivity index (χ1v) is 16.3. The van der Waals surface area contributed by atoms with Crippen LogP contribution >= 0.6 is 23.4 Å². The fourth-order valence-corrected chi connectivity index (χ4v) is 9.03. The van der Waals surface area contributed by atoms with Crippen LogP contribution in [0.4, 0.5) is 11.6 Å². The van der Waals surface area contributed by atoms with Crippen molar-refractivity contribution in [2.45, 2.75) is 42.8 Å². The lowest BCUT2D eigenvalue weighted by molar-refractivity contribution is 0.126. The molecule has 0 aliphatic carbocycles. The number of piperazine rings is 2. The largest absolute Gasteiger partial charge is 0.462 e. The normalized spacial score (nSPS) is 24.7. The SMILES string of the molecule is CCN1CCN(C[C@H]2CSc3c(-c4coc5ccc(N)nc45)c(Cl)cc4c(N5CC6CCC(C5)N6)nc(=O)n2c34)CC1. The van der Waals surface area contributed by atoms with E-state index in [9.17, 15) is 4.79 Å². The molecule has 2 bridgehead atoms. The molecule has 2 unspecified atom stereocenters. The fraction of sp³-hybridized carbons (Fsp3) is 0.500. The summed E-state index contributed by atoms with van der Waals surface area (Å²) in [4.78, 5) is 31.7. The number of nitrogens with one attached hydrogen (secondary N) is 1. The minimum Gasteiger partial charge on any atom is -0.462 e. The molecule has 3 aromatic heterocycles. The monoisotopic (exact) mass is 606 g/mol. The Hall–Kier alpha value is -2.83. The zero-order valence-electron chi connectivity index (χ0n) is 23.7. The highest BCUT2D eigenvalue weighted by Gasteiger charge is 2.36. The highest BCUT2D eigenvalue weighted by Crippen LogP contribution is 2.49.